The van der Waals surface area contributed by atoms with Crippen molar-refractivity contribution in [3.8, 4) is 17.2 Å². The van der Waals surface area contributed by atoms with Crippen LogP contribution in [0, 0.1) is 0 Å². The molecule has 1 aliphatic rings. The van der Waals surface area contributed by atoms with Gasteiger partial charge in [-0.05, 0) is 81.1 Å². The number of nitrogens with one attached hydrogen (secondary N) is 1. The van der Waals surface area contributed by atoms with Crippen molar-refractivity contribution in [3.63, 3.8) is 0 Å². The lowest BCUT2D eigenvalue weighted by atomic mass is 9.83. The molecule has 0 saturated carbocycles. The molecule has 4 rings (SSSR count). The molecule has 1 aliphatic heterocycles. The summed E-state index contributed by atoms with van der Waals surface area (Å²) in [5.41, 5.74) is 0.235. The third kappa shape index (κ3) is 8.78. The van der Waals surface area contributed by atoms with Gasteiger partial charge >= 0.3 is 5.97 Å². The Bertz CT molecular complexity index is 1480. The number of aliphatic hydroxyl groups is 1. The topological polar surface area (TPSA) is 125 Å². The van der Waals surface area contributed by atoms with Gasteiger partial charge in [0.15, 0.2) is 23.1 Å². The molecule has 0 bridgehead atoms. The minimum atomic E-state index is -1.46. The average molecular weight is 633 g/mol. The number of rotatable bonds is 15. The van der Waals surface area contributed by atoms with Crippen molar-refractivity contribution >= 4 is 17.8 Å². The van der Waals surface area contributed by atoms with Crippen LogP contribution in [0.4, 0.5) is 0 Å². The van der Waals surface area contributed by atoms with Crippen LogP contribution in [0.5, 0.6) is 17.2 Å². The Hall–Kier alpha value is -4.57. The maximum atomic E-state index is 14.3. The molecule has 0 aliphatic carbocycles. The van der Waals surface area contributed by atoms with Crippen molar-refractivity contribution < 1.29 is 38.4 Å². The van der Waals surface area contributed by atoms with Crippen LogP contribution in [0.1, 0.15) is 62.8 Å². The third-order valence-corrected chi connectivity index (χ3v) is 7.41. The number of hydrogen-bond acceptors (Lipinski definition) is 9. The number of benzene rings is 3. The fraction of sp³-hybridized carbons (Fsp3) is 0.417. The van der Waals surface area contributed by atoms with E-state index in [2.05, 4.69) is 5.32 Å². The van der Waals surface area contributed by atoms with Gasteiger partial charge in [0.2, 0.25) is 5.90 Å². The molecule has 246 valence electrons. The lowest BCUT2D eigenvalue weighted by molar-refractivity contribution is -0.155. The zero-order chi connectivity index (χ0) is 33.2. The molecule has 1 heterocycles. The summed E-state index contributed by atoms with van der Waals surface area (Å²) in [6.45, 7) is 6.17. The minimum Gasteiger partial charge on any atom is -0.494 e. The number of hydrogen-bond donors (Lipinski definition) is 2. The van der Waals surface area contributed by atoms with E-state index in [4.69, 9.17) is 33.8 Å². The molecule has 10 heteroatoms. The number of carbonyl (C=O) groups is 2. The standard InChI is InChI=1S/C36H44N2O8/c1-35(2,3)46-31(40)18-20-36(34(41)37-21-19-25-12-17-29(42-4)30(24-25)43-5)32(26-10-7-6-8-11-26)45-33(38-36)27-13-15-28(16-14-27)44-23-9-22-39/h6-8,10-17,24,32,39H,9,18-23H2,1-5H3,(H,37,41)/t32-,36-/m1/s1. The Morgan fingerprint density at radius 1 is 0.978 bits per heavy atom. The average Bonchev–Trinajstić information content (AvgIpc) is 3.45. The van der Waals surface area contributed by atoms with Crippen LogP contribution in [-0.4, -0.2) is 68.0 Å². The van der Waals surface area contributed by atoms with Crippen molar-refractivity contribution in [2.75, 3.05) is 34.0 Å². The number of amides is 1. The van der Waals surface area contributed by atoms with E-state index < -0.39 is 23.2 Å². The highest BCUT2D eigenvalue weighted by molar-refractivity contribution is 6.01. The van der Waals surface area contributed by atoms with Gasteiger partial charge in [0.05, 0.1) is 20.8 Å². The first-order valence-electron chi connectivity index (χ1n) is 15.4. The number of aliphatic hydroxyl groups excluding tert-OH is 1. The lowest BCUT2D eigenvalue weighted by Gasteiger charge is -2.31. The van der Waals surface area contributed by atoms with Crippen LogP contribution < -0.4 is 19.5 Å². The second kappa shape index (κ2) is 15.6. The molecule has 3 aromatic rings. The van der Waals surface area contributed by atoms with Gasteiger partial charge in [0.25, 0.3) is 5.91 Å². The quantitative estimate of drug-likeness (QED) is 0.173. The van der Waals surface area contributed by atoms with E-state index >= 15 is 0 Å². The maximum Gasteiger partial charge on any atom is 0.306 e. The fourth-order valence-corrected chi connectivity index (χ4v) is 5.19. The summed E-state index contributed by atoms with van der Waals surface area (Å²) in [4.78, 5) is 32.2. The summed E-state index contributed by atoms with van der Waals surface area (Å²) in [6, 6.07) is 22.3. The number of nitrogens with zero attached hydrogens (tertiary/aromatic N) is 1. The third-order valence-electron chi connectivity index (χ3n) is 7.41. The molecule has 0 saturated heterocycles. The van der Waals surface area contributed by atoms with Gasteiger partial charge in [-0.3, -0.25) is 9.59 Å². The number of ether oxygens (including phenoxy) is 5. The maximum absolute atomic E-state index is 14.3. The molecule has 0 aromatic heterocycles. The van der Waals surface area contributed by atoms with Crippen molar-refractivity contribution in [3.05, 3.63) is 89.5 Å². The number of methoxy groups -OCH3 is 2. The summed E-state index contributed by atoms with van der Waals surface area (Å²) in [5, 5.41) is 12.1. The molecule has 2 N–H and O–H groups in total. The molecule has 3 aromatic carbocycles. The number of carbonyl (C=O) groups excluding carboxylic acids is 2. The summed E-state index contributed by atoms with van der Waals surface area (Å²) < 4.78 is 28.5. The molecular weight excluding hydrogens is 588 g/mol. The van der Waals surface area contributed by atoms with Gasteiger partial charge in [-0.2, -0.15) is 0 Å². The molecule has 0 radical (unpaired) electrons. The van der Waals surface area contributed by atoms with Gasteiger partial charge in [-0.1, -0.05) is 36.4 Å². The Morgan fingerprint density at radius 2 is 1.70 bits per heavy atom. The highest BCUT2D eigenvalue weighted by Crippen LogP contribution is 2.43. The van der Waals surface area contributed by atoms with Gasteiger partial charge in [-0.25, -0.2) is 4.99 Å². The van der Waals surface area contributed by atoms with E-state index in [9.17, 15) is 9.59 Å². The predicted molar refractivity (Wildman–Crippen MR) is 175 cm³/mol. The van der Waals surface area contributed by atoms with Gasteiger partial charge in [0.1, 0.15) is 11.4 Å². The zero-order valence-corrected chi connectivity index (χ0v) is 27.2. The van der Waals surface area contributed by atoms with Crippen LogP contribution in [-0.2, 0) is 25.5 Å². The lowest BCUT2D eigenvalue weighted by Crippen LogP contribution is -2.49. The number of aliphatic imine (C=N–C) groups is 1. The van der Waals surface area contributed by atoms with Crippen LogP contribution in [0.25, 0.3) is 0 Å². The van der Waals surface area contributed by atoms with E-state index in [1.165, 1.54) is 0 Å². The molecule has 46 heavy (non-hydrogen) atoms. The normalized spacial score (nSPS) is 17.4. The molecule has 0 spiro atoms. The monoisotopic (exact) mass is 632 g/mol. The Kier molecular flexibility index (Phi) is 11.7. The second-order valence-electron chi connectivity index (χ2n) is 12.0. The Balaban J connectivity index is 1.65. The van der Waals surface area contributed by atoms with E-state index in [1.54, 1.807) is 47.1 Å². The first-order chi connectivity index (χ1) is 22.1. The van der Waals surface area contributed by atoms with Crippen molar-refractivity contribution in [2.45, 2.75) is 63.7 Å². The minimum absolute atomic E-state index is 0.0402. The predicted octanol–water partition coefficient (Wildman–Crippen LogP) is 5.20. The Morgan fingerprint density at radius 3 is 2.35 bits per heavy atom. The van der Waals surface area contributed by atoms with Crippen LogP contribution in [0.2, 0.25) is 0 Å². The SMILES string of the molecule is COc1ccc(CCNC(=O)[C@]2(CCC(=O)OC(C)(C)C)N=C(c3ccc(OCCCO)cc3)O[C@@H]2c2ccccc2)cc1OC. The summed E-state index contributed by atoms with van der Waals surface area (Å²) >= 11 is 0. The molecule has 2 atom stereocenters. The smallest absolute Gasteiger partial charge is 0.306 e. The number of esters is 1. The van der Waals surface area contributed by atoms with E-state index in [-0.39, 0.29) is 31.3 Å². The highest BCUT2D eigenvalue weighted by atomic mass is 16.6. The second-order valence-corrected chi connectivity index (χ2v) is 12.0. The largest absolute Gasteiger partial charge is 0.494 e. The molecule has 1 amide bonds. The van der Waals surface area contributed by atoms with E-state index in [0.717, 1.165) is 11.1 Å². The van der Waals surface area contributed by atoms with Crippen LogP contribution >= 0.6 is 0 Å². The van der Waals surface area contributed by atoms with Gasteiger partial charge in [0, 0.05) is 31.6 Å². The molecular formula is C36H44N2O8. The van der Waals surface area contributed by atoms with Crippen molar-refractivity contribution in [1.29, 1.82) is 0 Å². The Labute approximate surface area is 270 Å². The van der Waals surface area contributed by atoms with Crippen molar-refractivity contribution in [1.82, 2.24) is 5.32 Å². The summed E-state index contributed by atoms with van der Waals surface area (Å²) in [7, 11) is 3.16. The highest BCUT2D eigenvalue weighted by Gasteiger charge is 2.53. The molecule has 0 fully saturated rings. The molecule has 0 unspecified atom stereocenters. The molecule has 10 nitrogen and oxygen atoms in total. The summed E-state index contributed by atoms with van der Waals surface area (Å²) in [6.07, 6.45) is 0.279. The van der Waals surface area contributed by atoms with Gasteiger partial charge < -0.3 is 34.1 Å². The zero-order valence-electron chi connectivity index (χ0n) is 27.2. The van der Waals surface area contributed by atoms with E-state index in [1.807, 2.05) is 60.7 Å². The van der Waals surface area contributed by atoms with Crippen molar-refractivity contribution in [2.24, 2.45) is 4.99 Å². The van der Waals surface area contributed by atoms with Gasteiger partial charge in [-0.15, -0.1) is 0 Å². The first kappa shape index (κ1) is 34.3. The van der Waals surface area contributed by atoms with Crippen LogP contribution in [0.15, 0.2) is 77.8 Å². The van der Waals surface area contributed by atoms with Crippen LogP contribution in [0.3, 0.4) is 0 Å². The van der Waals surface area contributed by atoms with E-state index in [0.29, 0.717) is 48.8 Å². The summed E-state index contributed by atoms with van der Waals surface area (Å²) in [5.74, 6) is 1.37. The fourth-order valence-electron chi connectivity index (χ4n) is 5.19. The first-order valence-corrected chi connectivity index (χ1v) is 15.4.